The Labute approximate surface area is 101 Å². The van der Waals surface area contributed by atoms with Crippen LogP contribution in [0.25, 0.3) is 0 Å². The lowest BCUT2D eigenvalue weighted by atomic mass is 10.2. The van der Waals surface area contributed by atoms with Crippen molar-refractivity contribution in [2.45, 2.75) is 44.1 Å². The second-order valence-corrected chi connectivity index (χ2v) is 4.48. The molecule has 7 N–H and O–H groups in total. The molecule has 0 aliphatic rings. The molecule has 0 saturated heterocycles. The third-order valence-corrected chi connectivity index (χ3v) is 1.54. The largest absolute Gasteiger partial charge is 0.513 e. The standard InChI is InChI=1S/C8H16O10/c1-5(2,3)17-4(9)18-8(15,16)6(10,11)7(12,13)14/h10-16H,1-3H3. The van der Waals surface area contributed by atoms with Gasteiger partial charge in [0.15, 0.2) is 0 Å². The smallest absolute Gasteiger partial charge is 0.428 e. The minimum Gasteiger partial charge on any atom is -0.428 e. The lowest BCUT2D eigenvalue weighted by molar-refractivity contribution is -0.546. The zero-order valence-electron chi connectivity index (χ0n) is 9.86. The van der Waals surface area contributed by atoms with Crippen LogP contribution in [0.4, 0.5) is 4.79 Å². The van der Waals surface area contributed by atoms with Crippen molar-refractivity contribution >= 4 is 6.16 Å². The highest BCUT2D eigenvalue weighted by Crippen LogP contribution is 2.27. The van der Waals surface area contributed by atoms with E-state index in [1.807, 2.05) is 0 Å². The quantitative estimate of drug-likeness (QED) is 0.205. The van der Waals surface area contributed by atoms with Crippen LogP contribution in [-0.2, 0) is 9.47 Å². The van der Waals surface area contributed by atoms with Crippen molar-refractivity contribution in [3.8, 4) is 0 Å². The molecule has 0 rings (SSSR count). The zero-order chi connectivity index (χ0) is 15.0. The molecule has 0 aromatic carbocycles. The summed E-state index contributed by atoms with van der Waals surface area (Å²) in [7, 11) is 0. The summed E-state index contributed by atoms with van der Waals surface area (Å²) < 4.78 is 8.11. The monoisotopic (exact) mass is 272 g/mol. The van der Waals surface area contributed by atoms with E-state index < -0.39 is 29.5 Å². The lowest BCUT2D eigenvalue weighted by Crippen LogP contribution is -2.69. The van der Waals surface area contributed by atoms with E-state index in [-0.39, 0.29) is 0 Å². The van der Waals surface area contributed by atoms with Crippen LogP contribution in [0.2, 0.25) is 0 Å². The summed E-state index contributed by atoms with van der Waals surface area (Å²) in [6, 6.07) is 0. The first-order chi connectivity index (χ1) is 7.60. The molecule has 0 amide bonds. The summed E-state index contributed by atoms with van der Waals surface area (Å²) in [6.07, 6.45) is -1.76. The van der Waals surface area contributed by atoms with Gasteiger partial charge in [-0.3, -0.25) is 0 Å². The Bertz CT molecular complexity index is 307. The fraction of sp³-hybridized carbons (Fsp3) is 0.875. The molecule has 0 spiro atoms. The number of carbonyl (C=O) groups is 1. The molecule has 10 nitrogen and oxygen atoms in total. The average Bonchev–Trinajstić information content (AvgIpc) is 1.95. The van der Waals surface area contributed by atoms with Crippen LogP contribution in [-0.4, -0.2) is 65.2 Å². The van der Waals surface area contributed by atoms with Crippen molar-refractivity contribution in [1.82, 2.24) is 0 Å². The third kappa shape index (κ3) is 4.03. The Morgan fingerprint density at radius 2 is 1.22 bits per heavy atom. The number of carbonyl (C=O) groups excluding carboxylic acids is 1. The maximum Gasteiger partial charge on any atom is 0.513 e. The van der Waals surface area contributed by atoms with Crippen LogP contribution in [0, 0.1) is 0 Å². The molecule has 0 aromatic rings. The molecule has 0 bridgehead atoms. The zero-order valence-corrected chi connectivity index (χ0v) is 9.86. The first-order valence-corrected chi connectivity index (χ1v) is 4.59. The first-order valence-electron chi connectivity index (χ1n) is 4.59. The second kappa shape index (κ2) is 4.59. The van der Waals surface area contributed by atoms with Gasteiger partial charge in [-0.15, -0.1) is 0 Å². The number of hydrogen-bond acceptors (Lipinski definition) is 10. The highest BCUT2D eigenvalue weighted by molar-refractivity contribution is 5.60. The minimum atomic E-state index is -4.41. The van der Waals surface area contributed by atoms with Crippen LogP contribution in [0.5, 0.6) is 0 Å². The molecule has 18 heavy (non-hydrogen) atoms. The molecular weight excluding hydrogens is 256 g/mol. The van der Waals surface area contributed by atoms with Gasteiger partial charge in [-0.05, 0) is 20.8 Å². The van der Waals surface area contributed by atoms with Crippen LogP contribution in [0.1, 0.15) is 20.8 Å². The van der Waals surface area contributed by atoms with Gasteiger partial charge in [0.25, 0.3) is 0 Å². The predicted octanol–water partition coefficient (Wildman–Crippen LogP) is -3.11. The van der Waals surface area contributed by atoms with Gasteiger partial charge in [0.05, 0.1) is 0 Å². The fourth-order valence-corrected chi connectivity index (χ4v) is 0.677. The van der Waals surface area contributed by atoms with Crippen molar-refractivity contribution in [2.24, 2.45) is 0 Å². The summed E-state index contributed by atoms with van der Waals surface area (Å²) >= 11 is 0. The van der Waals surface area contributed by atoms with Gasteiger partial charge in [-0.25, -0.2) is 4.79 Å². The van der Waals surface area contributed by atoms with Gasteiger partial charge in [0.2, 0.25) is 0 Å². The van der Waals surface area contributed by atoms with E-state index in [0.29, 0.717) is 0 Å². The Morgan fingerprint density at radius 1 is 0.833 bits per heavy atom. The van der Waals surface area contributed by atoms with Gasteiger partial charge < -0.3 is 45.2 Å². The normalized spacial score (nSPS) is 14.3. The van der Waals surface area contributed by atoms with Crippen molar-refractivity contribution in [2.75, 3.05) is 0 Å². The van der Waals surface area contributed by atoms with E-state index in [0.717, 1.165) is 0 Å². The molecular formula is C8H16O10. The first kappa shape index (κ1) is 17.0. The van der Waals surface area contributed by atoms with E-state index in [2.05, 4.69) is 9.47 Å². The van der Waals surface area contributed by atoms with Crippen molar-refractivity contribution in [3.63, 3.8) is 0 Å². The third-order valence-electron chi connectivity index (χ3n) is 1.54. The molecule has 0 fully saturated rings. The number of aliphatic hydroxyl groups is 7. The number of hydrogen-bond donors (Lipinski definition) is 7. The lowest BCUT2D eigenvalue weighted by Gasteiger charge is -2.37. The topological polar surface area (TPSA) is 177 Å². The van der Waals surface area contributed by atoms with Crippen molar-refractivity contribution < 1.29 is 50.0 Å². The van der Waals surface area contributed by atoms with Gasteiger partial charge >= 0.3 is 23.9 Å². The van der Waals surface area contributed by atoms with Gasteiger partial charge in [-0.1, -0.05) is 0 Å². The van der Waals surface area contributed by atoms with Crippen molar-refractivity contribution in [1.29, 1.82) is 0 Å². The Kier molecular flexibility index (Phi) is 4.33. The van der Waals surface area contributed by atoms with Crippen molar-refractivity contribution in [3.05, 3.63) is 0 Å². The predicted molar refractivity (Wildman–Crippen MR) is 51.0 cm³/mol. The van der Waals surface area contributed by atoms with E-state index in [1.54, 1.807) is 0 Å². The summed E-state index contributed by atoms with van der Waals surface area (Å²) in [6.45, 7) is 4.18. The Balaban J connectivity index is 4.92. The van der Waals surface area contributed by atoms with Crippen LogP contribution in [0.3, 0.4) is 0 Å². The van der Waals surface area contributed by atoms with E-state index >= 15 is 0 Å². The molecule has 0 aliphatic heterocycles. The van der Waals surface area contributed by atoms with Gasteiger partial charge in [0, 0.05) is 0 Å². The van der Waals surface area contributed by atoms with Crippen LogP contribution < -0.4 is 0 Å². The van der Waals surface area contributed by atoms with E-state index in [1.165, 1.54) is 20.8 Å². The molecule has 0 atom stereocenters. The molecule has 10 heteroatoms. The van der Waals surface area contributed by atoms with E-state index in [4.69, 9.17) is 35.7 Å². The summed E-state index contributed by atoms with van der Waals surface area (Å²) in [5, 5.41) is 61.2. The molecule has 0 radical (unpaired) electrons. The molecule has 0 aliphatic carbocycles. The maximum absolute atomic E-state index is 11.0. The Morgan fingerprint density at radius 3 is 1.50 bits per heavy atom. The molecule has 0 aromatic heterocycles. The Hall–Kier alpha value is -1.01. The summed E-state index contributed by atoms with van der Waals surface area (Å²) in [5.74, 6) is -13.0. The number of ether oxygens (including phenoxy) is 2. The van der Waals surface area contributed by atoms with Gasteiger partial charge in [-0.2, -0.15) is 0 Å². The SMILES string of the molecule is CC(C)(C)OC(=O)OC(O)(O)C(O)(O)C(O)(O)O. The number of rotatable bonds is 3. The molecule has 0 saturated carbocycles. The minimum absolute atomic E-state index is 1.10. The molecule has 0 heterocycles. The van der Waals surface area contributed by atoms with Gasteiger partial charge in [0.1, 0.15) is 5.60 Å². The van der Waals surface area contributed by atoms with E-state index in [9.17, 15) is 4.79 Å². The highest BCUT2D eigenvalue weighted by atomic mass is 16.9. The van der Waals surface area contributed by atoms with Crippen LogP contribution >= 0.6 is 0 Å². The molecule has 0 unspecified atom stereocenters. The summed E-state index contributed by atoms with van der Waals surface area (Å²) in [4.78, 5) is 11.0. The maximum atomic E-state index is 11.0. The average molecular weight is 272 g/mol. The second-order valence-electron chi connectivity index (χ2n) is 4.48. The highest BCUT2D eigenvalue weighted by Gasteiger charge is 2.65. The summed E-state index contributed by atoms with van der Waals surface area (Å²) in [5.41, 5.74) is -1.10. The fourth-order valence-electron chi connectivity index (χ4n) is 0.677. The molecule has 108 valence electrons. The van der Waals surface area contributed by atoms with Crippen LogP contribution in [0.15, 0.2) is 0 Å².